The van der Waals surface area contributed by atoms with Crippen LogP contribution in [0.2, 0.25) is 5.02 Å². The molecule has 1 unspecified atom stereocenters. The standard InChI is InChI=1S/C16H21ClFNO/c1-3-16(2,19-9-4-5-10-19)14(20)11-12-7-6-8-13(18)15(12)17/h6-8H,3-5,9-11H2,1-2H3. The summed E-state index contributed by atoms with van der Waals surface area (Å²) in [7, 11) is 0. The molecular weight excluding hydrogens is 277 g/mol. The van der Waals surface area contributed by atoms with Crippen LogP contribution in [0.5, 0.6) is 0 Å². The summed E-state index contributed by atoms with van der Waals surface area (Å²) in [5.74, 6) is -0.342. The van der Waals surface area contributed by atoms with E-state index >= 15 is 0 Å². The second-order valence-electron chi connectivity index (χ2n) is 5.63. The Morgan fingerprint density at radius 3 is 2.65 bits per heavy atom. The Morgan fingerprint density at radius 1 is 1.40 bits per heavy atom. The molecule has 2 nitrogen and oxygen atoms in total. The highest BCUT2D eigenvalue weighted by molar-refractivity contribution is 6.31. The third-order valence-electron chi connectivity index (χ3n) is 4.48. The zero-order chi connectivity index (χ0) is 14.8. The van der Waals surface area contributed by atoms with E-state index in [-0.39, 0.29) is 17.2 Å². The van der Waals surface area contributed by atoms with Crippen molar-refractivity contribution in [2.24, 2.45) is 0 Å². The lowest BCUT2D eigenvalue weighted by molar-refractivity contribution is -0.129. The molecule has 1 aromatic rings. The lowest BCUT2D eigenvalue weighted by Gasteiger charge is -2.36. The Balaban J connectivity index is 2.19. The molecule has 0 saturated carbocycles. The van der Waals surface area contributed by atoms with Crippen molar-refractivity contribution in [1.29, 1.82) is 0 Å². The second kappa shape index (κ2) is 6.23. The van der Waals surface area contributed by atoms with Crippen molar-refractivity contribution in [3.05, 3.63) is 34.6 Å². The molecule has 1 atom stereocenters. The molecule has 1 aromatic carbocycles. The molecule has 1 heterocycles. The van der Waals surface area contributed by atoms with Crippen LogP contribution in [0.3, 0.4) is 0 Å². The smallest absolute Gasteiger partial charge is 0.157 e. The highest BCUT2D eigenvalue weighted by atomic mass is 35.5. The average Bonchev–Trinajstić information content (AvgIpc) is 2.97. The molecule has 110 valence electrons. The van der Waals surface area contributed by atoms with E-state index in [1.807, 2.05) is 13.8 Å². The fourth-order valence-corrected chi connectivity index (χ4v) is 3.05. The summed E-state index contributed by atoms with van der Waals surface area (Å²) < 4.78 is 13.5. The highest BCUT2D eigenvalue weighted by Gasteiger charge is 2.38. The lowest BCUT2D eigenvalue weighted by Crippen LogP contribution is -2.51. The first-order valence-corrected chi connectivity index (χ1v) is 7.58. The molecule has 2 rings (SSSR count). The number of rotatable bonds is 5. The number of carbonyl (C=O) groups is 1. The van der Waals surface area contributed by atoms with Gasteiger partial charge in [-0.1, -0.05) is 30.7 Å². The topological polar surface area (TPSA) is 20.3 Å². The van der Waals surface area contributed by atoms with Gasteiger partial charge in [0.15, 0.2) is 5.78 Å². The van der Waals surface area contributed by atoms with Crippen LogP contribution in [0.4, 0.5) is 4.39 Å². The maximum Gasteiger partial charge on any atom is 0.157 e. The Kier molecular flexibility index (Phi) is 4.82. The van der Waals surface area contributed by atoms with Gasteiger partial charge in [0.1, 0.15) is 5.82 Å². The van der Waals surface area contributed by atoms with Gasteiger partial charge in [-0.15, -0.1) is 0 Å². The van der Waals surface area contributed by atoms with Crippen LogP contribution in [0.15, 0.2) is 18.2 Å². The van der Waals surface area contributed by atoms with Crippen LogP contribution in [-0.4, -0.2) is 29.3 Å². The summed E-state index contributed by atoms with van der Waals surface area (Å²) in [6.07, 6.45) is 3.24. The molecule has 0 aromatic heterocycles. The van der Waals surface area contributed by atoms with Crippen LogP contribution in [-0.2, 0) is 11.2 Å². The van der Waals surface area contributed by atoms with Crippen molar-refractivity contribution >= 4 is 17.4 Å². The number of hydrogen-bond acceptors (Lipinski definition) is 2. The number of benzene rings is 1. The van der Waals surface area contributed by atoms with Crippen molar-refractivity contribution in [2.45, 2.75) is 45.1 Å². The predicted octanol–water partition coefficient (Wildman–Crippen LogP) is 3.86. The molecule has 0 bridgehead atoms. The van der Waals surface area contributed by atoms with E-state index in [4.69, 9.17) is 11.6 Å². The fourth-order valence-electron chi connectivity index (χ4n) is 2.86. The molecule has 0 radical (unpaired) electrons. The second-order valence-corrected chi connectivity index (χ2v) is 6.01. The van der Waals surface area contributed by atoms with Gasteiger partial charge in [0.05, 0.1) is 10.6 Å². The van der Waals surface area contributed by atoms with Crippen LogP contribution in [0.25, 0.3) is 0 Å². The first kappa shape index (κ1) is 15.5. The van der Waals surface area contributed by atoms with Gasteiger partial charge >= 0.3 is 0 Å². The summed E-state index contributed by atoms with van der Waals surface area (Å²) in [5.41, 5.74) is 0.113. The normalized spacial score (nSPS) is 19.0. The average molecular weight is 298 g/mol. The minimum Gasteiger partial charge on any atom is -0.297 e. The molecule has 0 aliphatic carbocycles. The Labute approximate surface area is 124 Å². The van der Waals surface area contributed by atoms with Gasteiger partial charge in [-0.3, -0.25) is 9.69 Å². The molecule has 1 saturated heterocycles. The summed E-state index contributed by atoms with van der Waals surface area (Å²) in [4.78, 5) is 14.9. The first-order chi connectivity index (χ1) is 9.49. The van der Waals surface area contributed by atoms with Crippen LogP contribution < -0.4 is 0 Å². The number of likely N-dealkylation sites (tertiary alicyclic amines) is 1. The maximum atomic E-state index is 13.5. The van der Waals surface area contributed by atoms with Crippen molar-refractivity contribution < 1.29 is 9.18 Å². The molecule has 1 fully saturated rings. The third kappa shape index (κ3) is 2.89. The van der Waals surface area contributed by atoms with Crippen molar-refractivity contribution in [3.63, 3.8) is 0 Å². The van der Waals surface area contributed by atoms with Crippen LogP contribution in [0.1, 0.15) is 38.7 Å². The van der Waals surface area contributed by atoms with E-state index in [1.54, 1.807) is 12.1 Å². The monoisotopic (exact) mass is 297 g/mol. The molecular formula is C16H21ClFNO. The number of halogens is 2. The van der Waals surface area contributed by atoms with Gasteiger partial charge in [0, 0.05) is 6.42 Å². The number of hydrogen-bond donors (Lipinski definition) is 0. The van der Waals surface area contributed by atoms with E-state index in [0.29, 0.717) is 5.56 Å². The highest BCUT2D eigenvalue weighted by Crippen LogP contribution is 2.28. The Hall–Kier alpha value is -0.930. The minimum absolute atomic E-state index is 0.0701. The fraction of sp³-hybridized carbons (Fsp3) is 0.562. The summed E-state index contributed by atoms with van der Waals surface area (Å²) in [6, 6.07) is 4.64. The lowest BCUT2D eigenvalue weighted by atomic mass is 9.87. The van der Waals surface area contributed by atoms with Gasteiger partial charge in [-0.2, -0.15) is 0 Å². The predicted molar refractivity (Wildman–Crippen MR) is 79.6 cm³/mol. The SMILES string of the molecule is CCC(C)(C(=O)Cc1cccc(F)c1Cl)N1CCCC1. The van der Waals surface area contributed by atoms with Gasteiger partial charge in [-0.25, -0.2) is 4.39 Å². The summed E-state index contributed by atoms with van der Waals surface area (Å²) in [5, 5.41) is 0.0701. The summed E-state index contributed by atoms with van der Waals surface area (Å²) >= 11 is 5.95. The number of ketones is 1. The van der Waals surface area contributed by atoms with Crippen molar-refractivity contribution in [1.82, 2.24) is 4.90 Å². The Morgan fingerprint density at radius 2 is 2.05 bits per heavy atom. The minimum atomic E-state index is -0.466. The first-order valence-electron chi connectivity index (χ1n) is 7.20. The Bertz CT molecular complexity index is 499. The molecule has 20 heavy (non-hydrogen) atoms. The van der Waals surface area contributed by atoms with E-state index in [1.165, 1.54) is 6.07 Å². The van der Waals surface area contributed by atoms with Crippen molar-refractivity contribution in [3.8, 4) is 0 Å². The van der Waals surface area contributed by atoms with Gasteiger partial charge < -0.3 is 0 Å². The van der Waals surface area contributed by atoms with Gasteiger partial charge in [0.2, 0.25) is 0 Å². The zero-order valence-electron chi connectivity index (χ0n) is 12.1. The quantitative estimate of drug-likeness (QED) is 0.822. The zero-order valence-corrected chi connectivity index (χ0v) is 12.8. The van der Waals surface area contributed by atoms with Gasteiger partial charge in [-0.05, 0) is 50.9 Å². The van der Waals surface area contributed by atoms with Crippen LogP contribution >= 0.6 is 11.6 Å². The largest absolute Gasteiger partial charge is 0.297 e. The third-order valence-corrected chi connectivity index (χ3v) is 4.90. The molecule has 1 aliphatic heterocycles. The summed E-state index contributed by atoms with van der Waals surface area (Å²) in [6.45, 7) is 5.96. The molecule has 0 N–H and O–H groups in total. The molecule has 0 spiro atoms. The number of nitrogens with zero attached hydrogens (tertiary/aromatic N) is 1. The van der Waals surface area contributed by atoms with Gasteiger partial charge in [0.25, 0.3) is 0 Å². The number of Topliss-reactive ketones (excluding diaryl/α,β-unsaturated/α-hetero) is 1. The van der Waals surface area contributed by atoms with Crippen LogP contribution in [0, 0.1) is 5.82 Å². The molecule has 1 aliphatic rings. The van der Waals surface area contributed by atoms with E-state index in [0.717, 1.165) is 32.4 Å². The van der Waals surface area contributed by atoms with Crippen molar-refractivity contribution in [2.75, 3.05) is 13.1 Å². The maximum absolute atomic E-state index is 13.5. The molecule has 4 heteroatoms. The number of carbonyl (C=O) groups excluding carboxylic acids is 1. The van der Waals surface area contributed by atoms with E-state index in [2.05, 4.69) is 4.90 Å². The van der Waals surface area contributed by atoms with E-state index in [9.17, 15) is 9.18 Å². The molecule has 0 amide bonds. The van der Waals surface area contributed by atoms with E-state index < -0.39 is 11.4 Å².